The van der Waals surface area contributed by atoms with Crippen LogP contribution in [0.4, 0.5) is 0 Å². The first-order valence-electron chi connectivity index (χ1n) is 7.24. The third-order valence-electron chi connectivity index (χ3n) is 4.46. The van der Waals surface area contributed by atoms with Gasteiger partial charge in [-0.05, 0) is 57.4 Å². The Morgan fingerprint density at radius 3 is 2.62 bits per heavy atom. The number of hydrogen-bond donors (Lipinski definition) is 1. The van der Waals surface area contributed by atoms with Crippen LogP contribution in [0.15, 0.2) is 12.2 Å². The molecule has 0 spiro atoms. The molecule has 2 rings (SSSR count). The highest BCUT2D eigenvalue weighted by molar-refractivity contribution is 4.91. The fourth-order valence-electron chi connectivity index (χ4n) is 3.20. The van der Waals surface area contributed by atoms with Gasteiger partial charge in [0.25, 0.3) is 0 Å². The van der Waals surface area contributed by atoms with Crippen molar-refractivity contribution < 1.29 is 0 Å². The molecule has 16 heavy (non-hydrogen) atoms. The van der Waals surface area contributed by atoms with Crippen LogP contribution in [0.25, 0.3) is 0 Å². The second-order valence-electron chi connectivity index (χ2n) is 5.75. The zero-order chi connectivity index (χ0) is 11.2. The summed E-state index contributed by atoms with van der Waals surface area (Å²) in [6, 6.07) is 0.742. The van der Waals surface area contributed by atoms with Crippen LogP contribution in [0.2, 0.25) is 0 Å². The van der Waals surface area contributed by atoms with E-state index in [-0.39, 0.29) is 0 Å². The van der Waals surface area contributed by atoms with Gasteiger partial charge in [-0.3, -0.25) is 0 Å². The van der Waals surface area contributed by atoms with Crippen molar-refractivity contribution in [3.63, 3.8) is 0 Å². The summed E-state index contributed by atoms with van der Waals surface area (Å²) in [5.41, 5.74) is 0. The molecule has 2 aliphatic carbocycles. The molecule has 1 nitrogen and oxygen atoms in total. The molecule has 0 aromatic rings. The molecular weight excluding hydrogens is 194 g/mol. The minimum Gasteiger partial charge on any atom is -0.314 e. The topological polar surface area (TPSA) is 12.0 Å². The largest absolute Gasteiger partial charge is 0.314 e. The highest BCUT2D eigenvalue weighted by atomic mass is 14.9. The fraction of sp³-hybridized carbons (Fsp3) is 0.867. The summed E-state index contributed by atoms with van der Waals surface area (Å²) in [5.74, 6) is 1.85. The van der Waals surface area contributed by atoms with Crippen LogP contribution >= 0.6 is 0 Å². The van der Waals surface area contributed by atoms with Gasteiger partial charge in [0.1, 0.15) is 0 Å². The Bertz CT molecular complexity index is 215. The molecule has 2 atom stereocenters. The molecule has 0 aliphatic heterocycles. The van der Waals surface area contributed by atoms with E-state index < -0.39 is 0 Å². The lowest BCUT2D eigenvalue weighted by atomic mass is 9.84. The van der Waals surface area contributed by atoms with E-state index in [2.05, 4.69) is 24.4 Å². The molecule has 0 heterocycles. The quantitative estimate of drug-likeness (QED) is 0.710. The average Bonchev–Trinajstić information content (AvgIpc) is 2.38. The van der Waals surface area contributed by atoms with Gasteiger partial charge in [0.15, 0.2) is 0 Å². The molecular formula is C15H27N. The van der Waals surface area contributed by atoms with E-state index in [4.69, 9.17) is 0 Å². The molecule has 2 unspecified atom stereocenters. The molecule has 1 saturated carbocycles. The summed E-state index contributed by atoms with van der Waals surface area (Å²) in [7, 11) is 0. The van der Waals surface area contributed by atoms with E-state index in [1.807, 2.05) is 0 Å². The van der Waals surface area contributed by atoms with Crippen LogP contribution in [0.5, 0.6) is 0 Å². The minimum atomic E-state index is 0.742. The van der Waals surface area contributed by atoms with Gasteiger partial charge < -0.3 is 5.32 Å². The Kier molecular flexibility index (Phi) is 4.90. The van der Waals surface area contributed by atoms with E-state index in [1.165, 1.54) is 57.9 Å². The molecule has 0 bridgehead atoms. The van der Waals surface area contributed by atoms with Gasteiger partial charge in [0, 0.05) is 6.04 Å². The number of allylic oxidation sites excluding steroid dienone is 2. The van der Waals surface area contributed by atoms with Gasteiger partial charge >= 0.3 is 0 Å². The Balaban J connectivity index is 1.66. The van der Waals surface area contributed by atoms with Gasteiger partial charge in [-0.2, -0.15) is 0 Å². The molecule has 0 aromatic heterocycles. The zero-order valence-electron chi connectivity index (χ0n) is 10.8. The van der Waals surface area contributed by atoms with Gasteiger partial charge in [0.2, 0.25) is 0 Å². The maximum atomic E-state index is 3.79. The molecule has 1 N–H and O–H groups in total. The summed E-state index contributed by atoms with van der Waals surface area (Å²) in [5, 5.41) is 3.79. The fourth-order valence-corrected chi connectivity index (χ4v) is 3.20. The molecule has 1 fully saturated rings. The van der Waals surface area contributed by atoms with Crippen molar-refractivity contribution in [1.29, 1.82) is 0 Å². The van der Waals surface area contributed by atoms with Crippen molar-refractivity contribution in [3.05, 3.63) is 12.2 Å². The molecule has 0 aromatic carbocycles. The van der Waals surface area contributed by atoms with Crippen molar-refractivity contribution in [2.45, 2.75) is 64.3 Å². The Hall–Kier alpha value is -0.300. The maximum absolute atomic E-state index is 3.79. The first-order valence-corrected chi connectivity index (χ1v) is 7.24. The highest BCUT2D eigenvalue weighted by Crippen LogP contribution is 2.26. The average molecular weight is 221 g/mol. The first kappa shape index (κ1) is 12.2. The van der Waals surface area contributed by atoms with Crippen LogP contribution in [0.3, 0.4) is 0 Å². The standard InChI is InChI=1S/C15H27N/c1-13(15-10-6-3-7-11-15)16-12-14-8-4-2-5-9-14/h2,4,13-16H,3,5-12H2,1H3. The number of hydrogen-bond acceptors (Lipinski definition) is 1. The Morgan fingerprint density at radius 1 is 1.12 bits per heavy atom. The summed E-state index contributed by atoms with van der Waals surface area (Å²) in [6.45, 7) is 3.64. The zero-order valence-corrected chi connectivity index (χ0v) is 10.8. The molecule has 92 valence electrons. The minimum absolute atomic E-state index is 0.742. The van der Waals surface area contributed by atoms with Crippen LogP contribution in [-0.2, 0) is 0 Å². The van der Waals surface area contributed by atoms with Crippen LogP contribution < -0.4 is 5.32 Å². The Morgan fingerprint density at radius 2 is 1.94 bits per heavy atom. The first-order chi connectivity index (χ1) is 7.86. The Labute approximate surface area is 101 Å². The second-order valence-corrected chi connectivity index (χ2v) is 5.75. The second kappa shape index (κ2) is 6.44. The van der Waals surface area contributed by atoms with Gasteiger partial charge in [0.05, 0.1) is 0 Å². The normalized spacial score (nSPS) is 29.2. The third-order valence-corrected chi connectivity index (χ3v) is 4.46. The van der Waals surface area contributed by atoms with Crippen molar-refractivity contribution in [2.75, 3.05) is 6.54 Å². The van der Waals surface area contributed by atoms with Crippen molar-refractivity contribution in [1.82, 2.24) is 5.32 Å². The molecule has 0 saturated heterocycles. The highest BCUT2D eigenvalue weighted by Gasteiger charge is 2.20. The van der Waals surface area contributed by atoms with Gasteiger partial charge in [-0.25, -0.2) is 0 Å². The SMILES string of the molecule is CC(NCC1CC=CCC1)C1CCCCC1. The number of rotatable bonds is 4. The molecule has 2 aliphatic rings. The van der Waals surface area contributed by atoms with Gasteiger partial charge in [-0.15, -0.1) is 0 Å². The van der Waals surface area contributed by atoms with E-state index in [0.29, 0.717) is 0 Å². The lowest BCUT2D eigenvalue weighted by Gasteiger charge is -2.30. The molecule has 0 radical (unpaired) electrons. The third kappa shape index (κ3) is 3.62. The van der Waals surface area contributed by atoms with E-state index in [0.717, 1.165) is 17.9 Å². The predicted molar refractivity (Wildman–Crippen MR) is 70.5 cm³/mol. The maximum Gasteiger partial charge on any atom is 0.00671 e. The van der Waals surface area contributed by atoms with Gasteiger partial charge in [-0.1, -0.05) is 31.4 Å². The molecule has 1 heteroatoms. The van der Waals surface area contributed by atoms with Crippen LogP contribution in [-0.4, -0.2) is 12.6 Å². The summed E-state index contributed by atoms with van der Waals surface area (Å²) >= 11 is 0. The van der Waals surface area contributed by atoms with E-state index in [1.54, 1.807) is 0 Å². The summed E-state index contributed by atoms with van der Waals surface area (Å²) in [4.78, 5) is 0. The van der Waals surface area contributed by atoms with Crippen molar-refractivity contribution >= 4 is 0 Å². The predicted octanol–water partition coefficient (Wildman–Crippen LogP) is 3.90. The lowest BCUT2D eigenvalue weighted by Crippen LogP contribution is -2.37. The number of nitrogens with one attached hydrogen (secondary N) is 1. The lowest BCUT2D eigenvalue weighted by molar-refractivity contribution is 0.269. The smallest absolute Gasteiger partial charge is 0.00671 e. The van der Waals surface area contributed by atoms with Crippen LogP contribution in [0, 0.1) is 11.8 Å². The molecule has 0 amide bonds. The van der Waals surface area contributed by atoms with E-state index >= 15 is 0 Å². The van der Waals surface area contributed by atoms with Crippen LogP contribution in [0.1, 0.15) is 58.3 Å². The summed E-state index contributed by atoms with van der Waals surface area (Å²) in [6.07, 6.45) is 16.0. The monoisotopic (exact) mass is 221 g/mol. The van der Waals surface area contributed by atoms with Crippen molar-refractivity contribution in [3.8, 4) is 0 Å². The van der Waals surface area contributed by atoms with E-state index in [9.17, 15) is 0 Å². The summed E-state index contributed by atoms with van der Waals surface area (Å²) < 4.78 is 0. The van der Waals surface area contributed by atoms with Crippen molar-refractivity contribution in [2.24, 2.45) is 11.8 Å².